The average molecular weight is 509 g/mol. The van der Waals surface area contributed by atoms with E-state index in [1.165, 1.54) is 6.07 Å². The zero-order chi connectivity index (χ0) is 24.8. The predicted octanol–water partition coefficient (Wildman–Crippen LogP) is 2.62. The van der Waals surface area contributed by atoms with Crippen molar-refractivity contribution in [3.05, 3.63) is 54.7 Å². The van der Waals surface area contributed by atoms with Crippen LogP contribution < -0.4 is 10.6 Å². The Hall–Kier alpha value is -3.61. The minimum absolute atomic E-state index is 0.283. The highest BCUT2D eigenvalue weighted by Crippen LogP contribution is 2.27. The maximum Gasteiger partial charge on any atom is 0.223 e. The summed E-state index contributed by atoms with van der Waals surface area (Å²) >= 11 is -1.20. The number of hydrogen-bond donors (Lipinski definition) is 1. The molecule has 6 rings (SSSR count). The van der Waals surface area contributed by atoms with Crippen LogP contribution in [0.3, 0.4) is 0 Å². The summed E-state index contributed by atoms with van der Waals surface area (Å²) in [5.74, 6) is 0.615. The zero-order valence-corrected chi connectivity index (χ0v) is 20.5. The van der Waals surface area contributed by atoms with Crippen LogP contribution in [0, 0.1) is 5.82 Å². The van der Waals surface area contributed by atoms with Crippen molar-refractivity contribution in [2.75, 3.05) is 49.6 Å². The van der Waals surface area contributed by atoms with Crippen LogP contribution in [0.2, 0.25) is 0 Å². The molecule has 0 amide bonds. The van der Waals surface area contributed by atoms with Crippen molar-refractivity contribution in [2.45, 2.75) is 11.4 Å². The number of fused-ring (bicyclic) bond motifs is 3. The third-order valence-electron chi connectivity index (χ3n) is 6.60. The van der Waals surface area contributed by atoms with Gasteiger partial charge < -0.3 is 19.6 Å². The van der Waals surface area contributed by atoms with Crippen LogP contribution in [-0.2, 0) is 17.7 Å². The molecular weight excluding hydrogens is 483 g/mol. The maximum atomic E-state index is 14.6. The van der Waals surface area contributed by atoms with Gasteiger partial charge in [-0.15, -0.1) is 0 Å². The van der Waals surface area contributed by atoms with Crippen LogP contribution in [0.4, 0.5) is 16.0 Å². The molecule has 0 saturated carbocycles. The Morgan fingerprint density at radius 2 is 1.97 bits per heavy atom. The summed E-state index contributed by atoms with van der Waals surface area (Å²) in [4.78, 5) is 9.42. The third kappa shape index (κ3) is 4.06. The molecule has 1 aliphatic heterocycles. The smallest absolute Gasteiger partial charge is 0.223 e. The Kier molecular flexibility index (Phi) is 5.78. The number of aromatic nitrogens is 5. The lowest BCUT2D eigenvalue weighted by Crippen LogP contribution is -2.47. The lowest BCUT2D eigenvalue weighted by molar-refractivity contribution is 0.245. The Bertz CT molecular complexity index is 1520. The zero-order valence-electron chi connectivity index (χ0n) is 19.7. The van der Waals surface area contributed by atoms with Gasteiger partial charge in [0.15, 0.2) is 22.1 Å². The molecule has 2 N–H and O–H groups in total. The number of halogens is 1. The third-order valence-corrected chi connectivity index (χ3v) is 7.52. The largest absolute Gasteiger partial charge is 0.612 e. The van der Waals surface area contributed by atoms with Crippen molar-refractivity contribution in [1.82, 2.24) is 29.3 Å². The number of anilines is 2. The highest BCUT2D eigenvalue weighted by molar-refractivity contribution is 7.90. The molecule has 12 heteroatoms. The SMILES string of the molecule is C[S@+]([O-])c1ccc(N2CCN(CCn3ncc4c3nc(N)n3nc(-c5ccco5)cc43)CC2)c(F)c1. The van der Waals surface area contributed by atoms with Crippen LogP contribution in [0.25, 0.3) is 28.0 Å². The molecular formula is C24H25FN8O2S. The Labute approximate surface area is 209 Å². The van der Waals surface area contributed by atoms with Crippen molar-refractivity contribution < 1.29 is 13.4 Å². The van der Waals surface area contributed by atoms with Gasteiger partial charge in [0.1, 0.15) is 11.9 Å². The second kappa shape index (κ2) is 9.12. The van der Waals surface area contributed by atoms with E-state index in [1.807, 2.05) is 27.8 Å². The fourth-order valence-corrected chi connectivity index (χ4v) is 5.19. The molecule has 5 aromatic rings. The fraction of sp³-hybridized carbons (Fsp3) is 0.292. The van der Waals surface area contributed by atoms with E-state index in [4.69, 9.17) is 10.2 Å². The maximum absolute atomic E-state index is 14.6. The van der Waals surface area contributed by atoms with Crippen molar-refractivity contribution in [1.29, 1.82) is 0 Å². The summed E-state index contributed by atoms with van der Waals surface area (Å²) in [5.41, 5.74) is 8.99. The quantitative estimate of drug-likeness (QED) is 0.348. The Morgan fingerprint density at radius 3 is 2.69 bits per heavy atom. The van der Waals surface area contributed by atoms with Gasteiger partial charge in [-0.05, 0) is 41.5 Å². The van der Waals surface area contributed by atoms with Crippen LogP contribution in [-0.4, -0.2) is 72.8 Å². The van der Waals surface area contributed by atoms with Gasteiger partial charge in [0.05, 0.1) is 35.6 Å². The number of nitrogens with zero attached hydrogens (tertiary/aromatic N) is 7. The van der Waals surface area contributed by atoms with Crippen molar-refractivity contribution in [3.8, 4) is 11.5 Å². The molecule has 1 aromatic carbocycles. The highest BCUT2D eigenvalue weighted by atomic mass is 32.2. The van der Waals surface area contributed by atoms with Crippen LogP contribution in [0.15, 0.2) is 58.2 Å². The van der Waals surface area contributed by atoms with Gasteiger partial charge in [-0.1, -0.05) is 0 Å². The number of nitrogen functional groups attached to an aromatic ring is 1. The molecule has 0 spiro atoms. The summed E-state index contributed by atoms with van der Waals surface area (Å²) < 4.78 is 35.1. The van der Waals surface area contributed by atoms with E-state index >= 15 is 0 Å². The fourth-order valence-electron chi connectivity index (χ4n) is 4.66. The first-order chi connectivity index (χ1) is 17.5. The van der Waals surface area contributed by atoms with Crippen LogP contribution in [0.5, 0.6) is 0 Å². The molecule has 0 unspecified atom stereocenters. The highest BCUT2D eigenvalue weighted by Gasteiger charge is 2.22. The predicted molar refractivity (Wildman–Crippen MR) is 136 cm³/mol. The molecule has 4 aromatic heterocycles. The molecule has 10 nitrogen and oxygen atoms in total. The second-order valence-electron chi connectivity index (χ2n) is 8.77. The lowest BCUT2D eigenvalue weighted by Gasteiger charge is -2.36. The summed E-state index contributed by atoms with van der Waals surface area (Å²) in [5, 5.41) is 9.96. The Morgan fingerprint density at radius 1 is 1.14 bits per heavy atom. The molecule has 1 fully saturated rings. The van der Waals surface area contributed by atoms with E-state index in [0.29, 0.717) is 47.3 Å². The number of benzene rings is 1. The van der Waals surface area contributed by atoms with E-state index in [-0.39, 0.29) is 11.8 Å². The average Bonchev–Trinajstić information content (AvgIpc) is 3.63. The van der Waals surface area contributed by atoms with Gasteiger partial charge in [0, 0.05) is 38.8 Å². The normalized spacial score (nSPS) is 15.8. The first-order valence-electron chi connectivity index (χ1n) is 11.6. The van der Waals surface area contributed by atoms with E-state index in [0.717, 1.165) is 30.5 Å². The minimum Gasteiger partial charge on any atom is -0.612 e. The van der Waals surface area contributed by atoms with Crippen molar-refractivity contribution in [3.63, 3.8) is 0 Å². The van der Waals surface area contributed by atoms with Gasteiger partial charge in [0.2, 0.25) is 5.95 Å². The van der Waals surface area contributed by atoms with Gasteiger partial charge in [-0.25, -0.2) is 9.07 Å². The first kappa shape index (κ1) is 22.8. The van der Waals surface area contributed by atoms with Crippen molar-refractivity contribution >= 4 is 39.4 Å². The van der Waals surface area contributed by atoms with Gasteiger partial charge in [-0.2, -0.15) is 19.7 Å². The van der Waals surface area contributed by atoms with Gasteiger partial charge in [0.25, 0.3) is 0 Å². The lowest BCUT2D eigenvalue weighted by atomic mass is 10.2. The summed E-state index contributed by atoms with van der Waals surface area (Å²) in [6.07, 6.45) is 4.95. The summed E-state index contributed by atoms with van der Waals surface area (Å²) in [6.45, 7) is 4.45. The molecule has 1 aliphatic rings. The van der Waals surface area contributed by atoms with Crippen LogP contribution in [0.1, 0.15) is 0 Å². The number of hydrogen-bond acceptors (Lipinski definition) is 8. The summed E-state index contributed by atoms with van der Waals surface area (Å²) in [7, 11) is 0. The monoisotopic (exact) mass is 508 g/mol. The molecule has 0 aliphatic carbocycles. The molecule has 0 bridgehead atoms. The van der Waals surface area contributed by atoms with Gasteiger partial charge >= 0.3 is 0 Å². The number of nitrogens with two attached hydrogens (primary N) is 1. The van der Waals surface area contributed by atoms with Gasteiger partial charge in [-0.3, -0.25) is 4.90 Å². The Balaban J connectivity index is 1.14. The molecule has 36 heavy (non-hydrogen) atoms. The van der Waals surface area contributed by atoms with E-state index < -0.39 is 11.2 Å². The molecule has 1 atom stereocenters. The van der Waals surface area contributed by atoms with Crippen molar-refractivity contribution in [2.24, 2.45) is 0 Å². The summed E-state index contributed by atoms with van der Waals surface area (Å²) in [6, 6.07) is 10.4. The molecule has 186 valence electrons. The number of furan rings is 1. The number of rotatable bonds is 6. The molecule has 5 heterocycles. The standard InChI is InChI=1S/C24H25FN8O2S/c1-36(34)16-4-5-20(18(25)13-16)31-9-6-30(7-10-31)8-11-32-23-17(15-27-32)21-14-19(22-3-2-12-35-22)29-33(21)24(26)28-23/h2-5,12-15H,6-11H2,1H3,(H2,26,28)/t36-/m0/s1. The van der Waals surface area contributed by atoms with E-state index in [2.05, 4.69) is 20.1 Å². The number of piperazine rings is 1. The second-order valence-corrected chi connectivity index (χ2v) is 10.2. The minimum atomic E-state index is -1.20. The molecule has 1 saturated heterocycles. The van der Waals surface area contributed by atoms with Crippen LogP contribution >= 0.6 is 0 Å². The topological polar surface area (TPSA) is 117 Å². The molecule has 0 radical (unpaired) electrons. The van der Waals surface area contributed by atoms with E-state index in [1.54, 1.807) is 35.4 Å². The van der Waals surface area contributed by atoms with E-state index in [9.17, 15) is 8.94 Å². The first-order valence-corrected chi connectivity index (χ1v) is 13.2.